The molecule has 1 aliphatic heterocycles. The van der Waals surface area contributed by atoms with E-state index in [4.69, 9.17) is 4.74 Å². The first kappa shape index (κ1) is 20.5. The summed E-state index contributed by atoms with van der Waals surface area (Å²) in [5.41, 5.74) is 4.50. The number of ether oxygens (including phenoxy) is 1. The molecule has 0 saturated carbocycles. The third-order valence-electron chi connectivity index (χ3n) is 6.12. The van der Waals surface area contributed by atoms with Crippen LogP contribution in [-0.2, 0) is 17.6 Å². The maximum absolute atomic E-state index is 12.7. The normalized spacial score (nSPS) is 15.8. The van der Waals surface area contributed by atoms with Crippen LogP contribution in [0.15, 0.2) is 42.5 Å². The first-order chi connectivity index (χ1) is 14.7. The summed E-state index contributed by atoms with van der Waals surface area (Å²) in [5, 5.41) is 0. The Hall–Kier alpha value is -2.82. The number of carbonyl (C=O) groups is 2. The standard InChI is InChI=1S/C25H30N2O3/c1-2-30-24-9-4-3-8-22(24)26-14-16-27(17-15-26)25(29)13-12-23(28)21-11-10-19-6-5-7-20(19)18-21/h3-4,8-11,18H,2,5-7,12-17H2,1H3. The summed E-state index contributed by atoms with van der Waals surface area (Å²) in [6.07, 6.45) is 3.92. The minimum Gasteiger partial charge on any atom is -0.492 e. The monoisotopic (exact) mass is 406 g/mol. The summed E-state index contributed by atoms with van der Waals surface area (Å²) < 4.78 is 5.74. The van der Waals surface area contributed by atoms with Crippen LogP contribution in [0.5, 0.6) is 5.75 Å². The SMILES string of the molecule is CCOc1ccccc1N1CCN(C(=O)CCC(=O)c2ccc3c(c2)CCC3)CC1. The van der Waals surface area contributed by atoms with Crippen LogP contribution < -0.4 is 9.64 Å². The summed E-state index contributed by atoms with van der Waals surface area (Å²) in [4.78, 5) is 29.4. The van der Waals surface area contributed by atoms with E-state index >= 15 is 0 Å². The number of para-hydroxylation sites is 2. The van der Waals surface area contributed by atoms with E-state index in [9.17, 15) is 9.59 Å². The molecule has 5 nitrogen and oxygen atoms in total. The van der Waals surface area contributed by atoms with Gasteiger partial charge in [-0.25, -0.2) is 0 Å². The van der Waals surface area contributed by atoms with E-state index in [0.717, 1.165) is 42.9 Å². The van der Waals surface area contributed by atoms with Gasteiger partial charge in [0.2, 0.25) is 5.91 Å². The molecule has 1 amide bonds. The number of rotatable bonds is 7. The maximum atomic E-state index is 12.7. The number of piperazine rings is 1. The van der Waals surface area contributed by atoms with E-state index < -0.39 is 0 Å². The fourth-order valence-electron chi connectivity index (χ4n) is 4.46. The lowest BCUT2D eigenvalue weighted by molar-refractivity contribution is -0.131. The molecule has 0 radical (unpaired) electrons. The van der Waals surface area contributed by atoms with Gasteiger partial charge in [-0.3, -0.25) is 9.59 Å². The highest BCUT2D eigenvalue weighted by Gasteiger charge is 2.23. The molecule has 0 unspecified atom stereocenters. The zero-order chi connectivity index (χ0) is 20.9. The van der Waals surface area contributed by atoms with Crippen molar-refractivity contribution in [3.05, 3.63) is 59.2 Å². The van der Waals surface area contributed by atoms with Crippen LogP contribution in [0.25, 0.3) is 0 Å². The average molecular weight is 407 g/mol. The van der Waals surface area contributed by atoms with Gasteiger partial charge in [-0.05, 0) is 55.5 Å². The molecule has 2 aromatic carbocycles. The number of aryl methyl sites for hydroxylation is 2. The fraction of sp³-hybridized carbons (Fsp3) is 0.440. The number of amides is 1. The number of carbonyl (C=O) groups excluding carboxylic acids is 2. The van der Waals surface area contributed by atoms with Crippen molar-refractivity contribution in [2.45, 2.75) is 39.0 Å². The van der Waals surface area contributed by atoms with Crippen LogP contribution in [-0.4, -0.2) is 49.4 Å². The molecule has 0 spiro atoms. The second-order valence-electron chi connectivity index (χ2n) is 8.03. The van der Waals surface area contributed by atoms with Gasteiger partial charge < -0.3 is 14.5 Å². The van der Waals surface area contributed by atoms with E-state index in [-0.39, 0.29) is 24.5 Å². The van der Waals surface area contributed by atoms with E-state index in [1.54, 1.807) is 0 Å². The van der Waals surface area contributed by atoms with Crippen molar-refractivity contribution in [2.75, 3.05) is 37.7 Å². The number of anilines is 1. The van der Waals surface area contributed by atoms with Gasteiger partial charge in [0.1, 0.15) is 5.75 Å². The van der Waals surface area contributed by atoms with Crippen LogP contribution in [0, 0.1) is 0 Å². The zero-order valence-electron chi connectivity index (χ0n) is 17.7. The summed E-state index contributed by atoms with van der Waals surface area (Å²) in [6.45, 7) is 5.51. The quantitative estimate of drug-likeness (QED) is 0.655. The molecule has 5 heteroatoms. The van der Waals surface area contributed by atoms with E-state index in [0.29, 0.717) is 19.7 Å². The number of hydrogen-bond donors (Lipinski definition) is 0. The van der Waals surface area contributed by atoms with Crippen molar-refractivity contribution in [1.82, 2.24) is 4.90 Å². The van der Waals surface area contributed by atoms with Crippen molar-refractivity contribution >= 4 is 17.4 Å². The Morgan fingerprint density at radius 3 is 2.50 bits per heavy atom. The summed E-state index contributed by atoms with van der Waals surface area (Å²) >= 11 is 0. The molecule has 0 bridgehead atoms. The highest BCUT2D eigenvalue weighted by atomic mass is 16.5. The molecule has 0 aromatic heterocycles. The van der Waals surface area contributed by atoms with E-state index in [1.165, 1.54) is 17.5 Å². The van der Waals surface area contributed by atoms with Gasteiger partial charge >= 0.3 is 0 Å². The van der Waals surface area contributed by atoms with Crippen LogP contribution in [0.3, 0.4) is 0 Å². The molecular formula is C25H30N2O3. The molecule has 4 rings (SSSR count). The Balaban J connectivity index is 1.28. The average Bonchev–Trinajstić information content (AvgIpc) is 3.26. The lowest BCUT2D eigenvalue weighted by Crippen LogP contribution is -2.48. The number of nitrogens with zero attached hydrogens (tertiary/aromatic N) is 2. The van der Waals surface area contributed by atoms with Gasteiger partial charge in [0, 0.05) is 44.6 Å². The molecule has 0 N–H and O–H groups in total. The predicted octanol–water partition coefficient (Wildman–Crippen LogP) is 3.89. The molecule has 2 aliphatic rings. The number of hydrogen-bond acceptors (Lipinski definition) is 4. The van der Waals surface area contributed by atoms with E-state index in [1.807, 2.05) is 42.2 Å². The Morgan fingerprint density at radius 2 is 1.70 bits per heavy atom. The van der Waals surface area contributed by atoms with Crippen molar-refractivity contribution in [1.29, 1.82) is 0 Å². The number of ketones is 1. The third-order valence-corrected chi connectivity index (χ3v) is 6.12. The molecule has 1 aliphatic carbocycles. The Kier molecular flexibility index (Phi) is 6.36. The van der Waals surface area contributed by atoms with Gasteiger partial charge in [0.05, 0.1) is 12.3 Å². The second kappa shape index (κ2) is 9.33. The van der Waals surface area contributed by atoms with Crippen molar-refractivity contribution < 1.29 is 14.3 Å². The van der Waals surface area contributed by atoms with Gasteiger partial charge in [0.15, 0.2) is 5.78 Å². The van der Waals surface area contributed by atoms with Crippen molar-refractivity contribution in [3.8, 4) is 5.75 Å². The number of benzene rings is 2. The first-order valence-electron chi connectivity index (χ1n) is 11.0. The maximum Gasteiger partial charge on any atom is 0.223 e. The minimum atomic E-state index is 0.0715. The molecule has 1 heterocycles. The summed E-state index contributed by atoms with van der Waals surface area (Å²) in [6, 6.07) is 14.1. The second-order valence-corrected chi connectivity index (χ2v) is 8.03. The minimum absolute atomic E-state index is 0.0715. The van der Waals surface area contributed by atoms with Crippen LogP contribution in [0.2, 0.25) is 0 Å². The van der Waals surface area contributed by atoms with Gasteiger partial charge in [-0.1, -0.05) is 24.3 Å². The molecule has 1 saturated heterocycles. The molecule has 158 valence electrons. The predicted molar refractivity (Wildman–Crippen MR) is 118 cm³/mol. The van der Waals surface area contributed by atoms with Crippen LogP contribution in [0.4, 0.5) is 5.69 Å². The summed E-state index contributed by atoms with van der Waals surface area (Å²) in [7, 11) is 0. The zero-order valence-corrected chi connectivity index (χ0v) is 17.7. The van der Waals surface area contributed by atoms with Crippen LogP contribution >= 0.6 is 0 Å². The van der Waals surface area contributed by atoms with Crippen molar-refractivity contribution in [2.24, 2.45) is 0 Å². The topological polar surface area (TPSA) is 49.9 Å². The van der Waals surface area contributed by atoms with Gasteiger partial charge in [-0.2, -0.15) is 0 Å². The lowest BCUT2D eigenvalue weighted by atomic mass is 10.0. The Morgan fingerprint density at radius 1 is 0.933 bits per heavy atom. The van der Waals surface area contributed by atoms with Crippen LogP contribution in [0.1, 0.15) is 47.7 Å². The fourth-order valence-corrected chi connectivity index (χ4v) is 4.46. The van der Waals surface area contributed by atoms with Gasteiger partial charge in [0.25, 0.3) is 0 Å². The first-order valence-corrected chi connectivity index (χ1v) is 11.0. The largest absolute Gasteiger partial charge is 0.492 e. The smallest absolute Gasteiger partial charge is 0.223 e. The molecule has 1 fully saturated rings. The highest BCUT2D eigenvalue weighted by molar-refractivity contribution is 5.98. The summed E-state index contributed by atoms with van der Waals surface area (Å²) in [5.74, 6) is 1.03. The number of Topliss-reactive ketones (excluding diaryl/α,β-unsaturated/α-hetero) is 1. The third kappa shape index (κ3) is 4.50. The van der Waals surface area contributed by atoms with E-state index in [2.05, 4.69) is 17.0 Å². The lowest BCUT2D eigenvalue weighted by Gasteiger charge is -2.36. The molecular weight excluding hydrogens is 376 g/mol. The van der Waals surface area contributed by atoms with Crippen molar-refractivity contribution in [3.63, 3.8) is 0 Å². The van der Waals surface area contributed by atoms with Gasteiger partial charge in [-0.15, -0.1) is 0 Å². The molecule has 0 atom stereocenters. The highest BCUT2D eigenvalue weighted by Crippen LogP contribution is 2.29. The Bertz CT molecular complexity index is 916. The Labute approximate surface area is 178 Å². The number of fused-ring (bicyclic) bond motifs is 1. The molecule has 2 aromatic rings. The molecule has 30 heavy (non-hydrogen) atoms.